The van der Waals surface area contributed by atoms with Crippen molar-refractivity contribution in [3.05, 3.63) is 34.3 Å². The van der Waals surface area contributed by atoms with Crippen LogP contribution in [0.4, 0.5) is 4.79 Å². The molecule has 0 heterocycles. The van der Waals surface area contributed by atoms with Crippen molar-refractivity contribution >= 4 is 22.0 Å². The molecule has 14 heavy (non-hydrogen) atoms. The zero-order valence-corrected chi connectivity index (χ0v) is 9.49. The number of carboxylic acid groups (broad SMARTS) is 1. The van der Waals surface area contributed by atoms with Crippen LogP contribution in [0.2, 0.25) is 0 Å². The maximum absolute atomic E-state index is 10.5. The van der Waals surface area contributed by atoms with Crippen LogP contribution in [0.3, 0.4) is 0 Å². The van der Waals surface area contributed by atoms with Gasteiger partial charge in [0.15, 0.2) is 0 Å². The van der Waals surface area contributed by atoms with Gasteiger partial charge in [-0.2, -0.15) is 0 Å². The third-order valence-corrected chi connectivity index (χ3v) is 2.50. The third-order valence-electron chi connectivity index (χ3n) is 1.98. The molecule has 0 aliphatic rings. The molecule has 76 valence electrons. The molecule has 0 aliphatic carbocycles. The molecular weight excluding hydrogens is 246 g/mol. The van der Waals surface area contributed by atoms with Gasteiger partial charge in [-0.3, -0.25) is 0 Å². The van der Waals surface area contributed by atoms with Crippen LogP contribution in [0.5, 0.6) is 0 Å². The highest BCUT2D eigenvalue weighted by molar-refractivity contribution is 9.10. The van der Waals surface area contributed by atoms with Crippen molar-refractivity contribution in [1.29, 1.82) is 0 Å². The number of nitrogens with zero attached hydrogens (tertiary/aromatic N) is 1. The van der Waals surface area contributed by atoms with Crippen LogP contribution in [0.25, 0.3) is 0 Å². The van der Waals surface area contributed by atoms with Crippen LogP contribution in [0, 0.1) is 0 Å². The Kier molecular flexibility index (Phi) is 3.95. The summed E-state index contributed by atoms with van der Waals surface area (Å²) < 4.78 is 1.04. The second-order valence-electron chi connectivity index (χ2n) is 3.08. The zero-order chi connectivity index (χ0) is 10.6. The Balaban J connectivity index is 2.46. The predicted octanol–water partition coefficient (Wildman–Crippen LogP) is 2.60. The van der Waals surface area contributed by atoms with Crippen molar-refractivity contribution < 1.29 is 9.90 Å². The number of rotatable bonds is 3. The van der Waals surface area contributed by atoms with Crippen LogP contribution in [-0.4, -0.2) is 29.7 Å². The summed E-state index contributed by atoms with van der Waals surface area (Å²) >= 11 is 3.34. The lowest BCUT2D eigenvalue weighted by Gasteiger charge is -2.12. The molecule has 0 saturated carbocycles. The fraction of sp³-hybridized carbons (Fsp3) is 0.300. The maximum Gasteiger partial charge on any atom is 0.407 e. The summed E-state index contributed by atoms with van der Waals surface area (Å²) in [6.45, 7) is 0.525. The molecule has 1 aromatic rings. The van der Waals surface area contributed by atoms with Gasteiger partial charge in [-0.1, -0.05) is 28.1 Å². The minimum absolute atomic E-state index is 0.525. The zero-order valence-electron chi connectivity index (χ0n) is 7.90. The van der Waals surface area contributed by atoms with Crippen molar-refractivity contribution in [1.82, 2.24) is 4.90 Å². The summed E-state index contributed by atoms with van der Waals surface area (Å²) in [6, 6.07) is 7.88. The highest BCUT2D eigenvalue weighted by atomic mass is 79.9. The van der Waals surface area contributed by atoms with Crippen LogP contribution in [0.1, 0.15) is 5.56 Å². The Morgan fingerprint density at radius 1 is 1.43 bits per heavy atom. The van der Waals surface area contributed by atoms with Gasteiger partial charge in [-0.15, -0.1) is 0 Å². The van der Waals surface area contributed by atoms with Crippen molar-refractivity contribution in [3.63, 3.8) is 0 Å². The minimum atomic E-state index is -0.887. The van der Waals surface area contributed by atoms with E-state index in [0.29, 0.717) is 6.54 Å². The van der Waals surface area contributed by atoms with Crippen LogP contribution >= 0.6 is 15.9 Å². The molecule has 3 nitrogen and oxygen atoms in total. The van der Waals surface area contributed by atoms with E-state index in [1.165, 1.54) is 4.90 Å². The average molecular weight is 258 g/mol. The molecule has 1 rings (SSSR count). The molecule has 0 aliphatic heterocycles. The van der Waals surface area contributed by atoms with E-state index >= 15 is 0 Å². The van der Waals surface area contributed by atoms with E-state index < -0.39 is 6.09 Å². The van der Waals surface area contributed by atoms with Crippen LogP contribution in [0.15, 0.2) is 28.7 Å². The van der Waals surface area contributed by atoms with Gasteiger partial charge in [0, 0.05) is 18.1 Å². The topological polar surface area (TPSA) is 40.5 Å². The lowest BCUT2D eigenvalue weighted by Crippen LogP contribution is -2.26. The van der Waals surface area contributed by atoms with Gasteiger partial charge in [-0.25, -0.2) is 4.79 Å². The number of hydrogen-bond acceptors (Lipinski definition) is 1. The summed E-state index contributed by atoms with van der Waals surface area (Å²) in [5, 5.41) is 8.62. The predicted molar refractivity (Wildman–Crippen MR) is 58.5 cm³/mol. The summed E-state index contributed by atoms with van der Waals surface area (Å²) in [5.41, 5.74) is 1.14. The molecule has 0 bridgehead atoms. The van der Waals surface area contributed by atoms with E-state index in [1.54, 1.807) is 7.05 Å². The fourth-order valence-corrected chi connectivity index (χ4v) is 1.31. The monoisotopic (exact) mass is 257 g/mol. The molecule has 0 unspecified atom stereocenters. The van der Waals surface area contributed by atoms with Gasteiger partial charge in [-0.05, 0) is 24.1 Å². The number of halogens is 1. The van der Waals surface area contributed by atoms with E-state index in [0.717, 1.165) is 16.5 Å². The quantitative estimate of drug-likeness (QED) is 0.905. The largest absolute Gasteiger partial charge is 0.465 e. The molecule has 1 aromatic carbocycles. The second kappa shape index (κ2) is 5.00. The van der Waals surface area contributed by atoms with Crippen molar-refractivity contribution in [2.45, 2.75) is 6.42 Å². The second-order valence-corrected chi connectivity index (χ2v) is 4.00. The highest BCUT2D eigenvalue weighted by Gasteiger charge is 2.04. The Bertz CT molecular complexity index is 310. The molecule has 1 amide bonds. The Hall–Kier alpha value is -1.03. The SMILES string of the molecule is CN(CCc1ccc(Br)cc1)C(=O)O. The van der Waals surface area contributed by atoms with Gasteiger partial charge in [0.2, 0.25) is 0 Å². The summed E-state index contributed by atoms with van der Waals surface area (Å²) in [4.78, 5) is 11.8. The molecule has 0 fully saturated rings. The molecule has 0 atom stereocenters. The first kappa shape index (κ1) is 11.0. The molecule has 0 aromatic heterocycles. The molecular formula is C10H12BrNO2. The highest BCUT2D eigenvalue weighted by Crippen LogP contribution is 2.10. The Morgan fingerprint density at radius 2 is 2.00 bits per heavy atom. The van der Waals surface area contributed by atoms with Gasteiger partial charge in [0.05, 0.1) is 0 Å². The van der Waals surface area contributed by atoms with Gasteiger partial charge >= 0.3 is 6.09 Å². The lowest BCUT2D eigenvalue weighted by molar-refractivity contribution is 0.156. The summed E-state index contributed by atoms with van der Waals surface area (Å²) in [7, 11) is 1.57. The first-order valence-electron chi connectivity index (χ1n) is 4.28. The normalized spacial score (nSPS) is 9.86. The van der Waals surface area contributed by atoms with E-state index in [4.69, 9.17) is 5.11 Å². The van der Waals surface area contributed by atoms with Crippen LogP contribution in [-0.2, 0) is 6.42 Å². The molecule has 1 N–H and O–H groups in total. The number of benzene rings is 1. The summed E-state index contributed by atoms with van der Waals surface area (Å²) in [5.74, 6) is 0. The minimum Gasteiger partial charge on any atom is -0.465 e. The van der Waals surface area contributed by atoms with Crippen molar-refractivity contribution in [3.8, 4) is 0 Å². The van der Waals surface area contributed by atoms with Crippen molar-refractivity contribution in [2.75, 3.05) is 13.6 Å². The Labute approximate surface area is 91.5 Å². The van der Waals surface area contributed by atoms with Gasteiger partial charge in [0.1, 0.15) is 0 Å². The molecule has 0 saturated heterocycles. The number of likely N-dealkylation sites (N-methyl/N-ethyl adjacent to an activating group) is 1. The average Bonchev–Trinajstić information content (AvgIpc) is 2.16. The van der Waals surface area contributed by atoms with E-state index in [-0.39, 0.29) is 0 Å². The maximum atomic E-state index is 10.5. The smallest absolute Gasteiger partial charge is 0.407 e. The fourth-order valence-electron chi connectivity index (χ4n) is 1.04. The number of hydrogen-bond donors (Lipinski definition) is 1. The molecule has 0 radical (unpaired) electrons. The Morgan fingerprint density at radius 3 is 2.50 bits per heavy atom. The third kappa shape index (κ3) is 3.38. The number of carbonyl (C=O) groups is 1. The molecule has 4 heteroatoms. The van der Waals surface area contributed by atoms with Gasteiger partial charge in [0.25, 0.3) is 0 Å². The first-order valence-corrected chi connectivity index (χ1v) is 5.07. The van der Waals surface area contributed by atoms with E-state index in [1.807, 2.05) is 24.3 Å². The van der Waals surface area contributed by atoms with Crippen LogP contribution < -0.4 is 0 Å². The lowest BCUT2D eigenvalue weighted by atomic mass is 10.1. The standard InChI is InChI=1S/C10H12BrNO2/c1-12(10(13)14)7-6-8-2-4-9(11)5-3-8/h2-5H,6-7H2,1H3,(H,13,14). The van der Waals surface area contributed by atoms with Gasteiger partial charge < -0.3 is 10.0 Å². The van der Waals surface area contributed by atoms with E-state index in [2.05, 4.69) is 15.9 Å². The molecule has 0 spiro atoms. The van der Waals surface area contributed by atoms with Crippen molar-refractivity contribution in [2.24, 2.45) is 0 Å². The number of amides is 1. The first-order chi connectivity index (χ1) is 6.59. The summed E-state index contributed by atoms with van der Waals surface area (Å²) in [6.07, 6.45) is -0.141. The van der Waals surface area contributed by atoms with E-state index in [9.17, 15) is 4.79 Å².